The van der Waals surface area contributed by atoms with Gasteiger partial charge in [-0.25, -0.2) is 0 Å². The maximum Gasteiger partial charge on any atom is 0.0750 e. The van der Waals surface area contributed by atoms with Gasteiger partial charge in [-0.15, -0.1) is 0 Å². The number of aliphatic hydroxyl groups is 1. The van der Waals surface area contributed by atoms with Crippen LogP contribution in [-0.4, -0.2) is 11.2 Å². The Morgan fingerprint density at radius 3 is 2.70 bits per heavy atom. The summed E-state index contributed by atoms with van der Waals surface area (Å²) in [5.41, 5.74) is 1.26. The Bertz CT molecular complexity index is 136. The molecule has 1 rings (SSSR count). The second kappa shape index (κ2) is 3.20. The second-order valence-electron chi connectivity index (χ2n) is 3.39. The summed E-state index contributed by atoms with van der Waals surface area (Å²) in [6, 6.07) is 0. The van der Waals surface area contributed by atoms with Crippen molar-refractivity contribution in [3.63, 3.8) is 0 Å². The van der Waals surface area contributed by atoms with Crippen LogP contribution in [0.15, 0.2) is 11.6 Å². The summed E-state index contributed by atoms with van der Waals surface area (Å²) in [4.78, 5) is 0. The Morgan fingerprint density at radius 2 is 2.30 bits per heavy atom. The SMILES string of the molecule is CC(C)C=C1CCC[C@H]1O. The quantitative estimate of drug-likeness (QED) is 0.553. The van der Waals surface area contributed by atoms with Crippen LogP contribution in [0.25, 0.3) is 0 Å². The maximum atomic E-state index is 9.37. The molecule has 0 unspecified atom stereocenters. The van der Waals surface area contributed by atoms with E-state index in [0.29, 0.717) is 5.92 Å². The molecule has 1 atom stereocenters. The van der Waals surface area contributed by atoms with Gasteiger partial charge in [-0.1, -0.05) is 19.9 Å². The van der Waals surface area contributed by atoms with E-state index < -0.39 is 0 Å². The summed E-state index contributed by atoms with van der Waals surface area (Å²) < 4.78 is 0. The Kier molecular flexibility index (Phi) is 2.50. The lowest BCUT2D eigenvalue weighted by atomic mass is 10.1. The lowest BCUT2D eigenvalue weighted by Gasteiger charge is -2.04. The standard InChI is InChI=1S/C9H16O/c1-7(2)6-8-4-3-5-9(8)10/h6-7,9-10H,3-5H2,1-2H3/t9-/m1/s1. The van der Waals surface area contributed by atoms with Crippen molar-refractivity contribution in [1.29, 1.82) is 0 Å². The number of aliphatic hydroxyl groups excluding tert-OH is 1. The summed E-state index contributed by atoms with van der Waals surface area (Å²) in [5.74, 6) is 0.586. The van der Waals surface area contributed by atoms with Gasteiger partial charge in [0.05, 0.1) is 6.10 Å². The van der Waals surface area contributed by atoms with Crippen molar-refractivity contribution >= 4 is 0 Å². The van der Waals surface area contributed by atoms with Gasteiger partial charge < -0.3 is 5.11 Å². The molecule has 1 aliphatic carbocycles. The molecule has 58 valence electrons. The minimum atomic E-state index is -0.123. The van der Waals surface area contributed by atoms with Gasteiger partial charge >= 0.3 is 0 Å². The first-order chi connectivity index (χ1) is 4.70. The van der Waals surface area contributed by atoms with Gasteiger partial charge in [0.15, 0.2) is 0 Å². The minimum Gasteiger partial charge on any atom is -0.389 e. The molecule has 0 spiro atoms. The molecule has 0 saturated heterocycles. The highest BCUT2D eigenvalue weighted by molar-refractivity contribution is 5.12. The largest absolute Gasteiger partial charge is 0.389 e. The average Bonchev–Trinajstić information content (AvgIpc) is 2.15. The zero-order valence-electron chi connectivity index (χ0n) is 6.80. The molecule has 0 aliphatic heterocycles. The number of hydrogen-bond donors (Lipinski definition) is 1. The monoisotopic (exact) mass is 140 g/mol. The van der Waals surface area contributed by atoms with Gasteiger partial charge in [0, 0.05) is 0 Å². The molecule has 0 radical (unpaired) electrons. The molecule has 1 saturated carbocycles. The fourth-order valence-corrected chi connectivity index (χ4v) is 1.47. The van der Waals surface area contributed by atoms with Crippen molar-refractivity contribution in [2.24, 2.45) is 5.92 Å². The van der Waals surface area contributed by atoms with Crippen molar-refractivity contribution in [2.45, 2.75) is 39.2 Å². The summed E-state index contributed by atoms with van der Waals surface area (Å²) in [6.07, 6.45) is 5.32. The molecular formula is C9H16O. The zero-order valence-corrected chi connectivity index (χ0v) is 6.80. The Morgan fingerprint density at radius 1 is 1.60 bits per heavy atom. The predicted octanol–water partition coefficient (Wildman–Crippen LogP) is 2.11. The highest BCUT2D eigenvalue weighted by Gasteiger charge is 2.17. The van der Waals surface area contributed by atoms with Crippen LogP contribution in [0.3, 0.4) is 0 Å². The fourth-order valence-electron chi connectivity index (χ4n) is 1.47. The van der Waals surface area contributed by atoms with Crippen molar-refractivity contribution in [3.05, 3.63) is 11.6 Å². The van der Waals surface area contributed by atoms with Crippen molar-refractivity contribution in [2.75, 3.05) is 0 Å². The molecule has 1 heteroatoms. The molecule has 0 aromatic carbocycles. The molecule has 0 aromatic rings. The van der Waals surface area contributed by atoms with Gasteiger partial charge in [-0.2, -0.15) is 0 Å². The molecule has 1 nitrogen and oxygen atoms in total. The molecule has 0 heterocycles. The molecule has 0 amide bonds. The van der Waals surface area contributed by atoms with Crippen molar-refractivity contribution in [3.8, 4) is 0 Å². The van der Waals surface area contributed by atoms with E-state index in [-0.39, 0.29) is 6.10 Å². The maximum absolute atomic E-state index is 9.37. The zero-order chi connectivity index (χ0) is 7.56. The average molecular weight is 140 g/mol. The van der Waals surface area contributed by atoms with Crippen LogP contribution < -0.4 is 0 Å². The van der Waals surface area contributed by atoms with Crippen LogP contribution in [-0.2, 0) is 0 Å². The van der Waals surface area contributed by atoms with Crippen LogP contribution >= 0.6 is 0 Å². The van der Waals surface area contributed by atoms with Gasteiger partial charge in [-0.3, -0.25) is 0 Å². The summed E-state index contributed by atoms with van der Waals surface area (Å²) >= 11 is 0. The lowest BCUT2D eigenvalue weighted by Crippen LogP contribution is -2.02. The minimum absolute atomic E-state index is 0.123. The van der Waals surface area contributed by atoms with E-state index in [1.165, 1.54) is 12.0 Å². The second-order valence-corrected chi connectivity index (χ2v) is 3.39. The molecule has 0 aromatic heterocycles. The van der Waals surface area contributed by atoms with Crippen molar-refractivity contribution < 1.29 is 5.11 Å². The third-order valence-electron chi connectivity index (χ3n) is 1.92. The molecule has 10 heavy (non-hydrogen) atoms. The van der Waals surface area contributed by atoms with Crippen LogP contribution in [0.4, 0.5) is 0 Å². The summed E-state index contributed by atoms with van der Waals surface area (Å²) in [6.45, 7) is 4.30. The van der Waals surface area contributed by atoms with Gasteiger partial charge in [0.2, 0.25) is 0 Å². The van der Waals surface area contributed by atoms with E-state index in [4.69, 9.17) is 0 Å². The van der Waals surface area contributed by atoms with E-state index in [1.54, 1.807) is 0 Å². The molecule has 1 fully saturated rings. The molecule has 0 bridgehead atoms. The van der Waals surface area contributed by atoms with Crippen LogP contribution in [0, 0.1) is 5.92 Å². The fraction of sp³-hybridized carbons (Fsp3) is 0.778. The molecule has 1 N–H and O–H groups in total. The van der Waals surface area contributed by atoms with Crippen LogP contribution in [0.5, 0.6) is 0 Å². The highest BCUT2D eigenvalue weighted by Crippen LogP contribution is 2.25. The normalized spacial score (nSPS) is 30.4. The topological polar surface area (TPSA) is 20.2 Å². The first kappa shape index (κ1) is 7.80. The third kappa shape index (κ3) is 1.84. The first-order valence-corrected chi connectivity index (χ1v) is 4.09. The first-order valence-electron chi connectivity index (χ1n) is 4.09. The van der Waals surface area contributed by atoms with Crippen LogP contribution in [0.2, 0.25) is 0 Å². The Labute approximate surface area is 62.8 Å². The lowest BCUT2D eigenvalue weighted by molar-refractivity contribution is 0.217. The summed E-state index contributed by atoms with van der Waals surface area (Å²) in [7, 11) is 0. The Hall–Kier alpha value is -0.300. The van der Waals surface area contributed by atoms with E-state index in [0.717, 1.165) is 12.8 Å². The van der Waals surface area contributed by atoms with Crippen molar-refractivity contribution in [1.82, 2.24) is 0 Å². The highest BCUT2D eigenvalue weighted by atomic mass is 16.3. The Balaban J connectivity index is 2.54. The van der Waals surface area contributed by atoms with Gasteiger partial charge in [0.25, 0.3) is 0 Å². The number of allylic oxidation sites excluding steroid dienone is 1. The molecule has 1 aliphatic rings. The molecular weight excluding hydrogens is 124 g/mol. The number of rotatable bonds is 1. The van der Waals surface area contributed by atoms with Crippen LogP contribution in [0.1, 0.15) is 33.1 Å². The van der Waals surface area contributed by atoms with Gasteiger partial charge in [0.1, 0.15) is 0 Å². The summed E-state index contributed by atoms with van der Waals surface area (Å²) in [5, 5.41) is 9.37. The third-order valence-corrected chi connectivity index (χ3v) is 1.92. The number of hydrogen-bond acceptors (Lipinski definition) is 1. The van der Waals surface area contributed by atoms with E-state index in [1.807, 2.05) is 0 Å². The van der Waals surface area contributed by atoms with E-state index in [9.17, 15) is 5.11 Å². The predicted molar refractivity (Wildman–Crippen MR) is 42.8 cm³/mol. The van der Waals surface area contributed by atoms with E-state index in [2.05, 4.69) is 19.9 Å². The van der Waals surface area contributed by atoms with E-state index >= 15 is 0 Å². The van der Waals surface area contributed by atoms with Gasteiger partial charge in [-0.05, 0) is 30.8 Å². The smallest absolute Gasteiger partial charge is 0.0750 e.